The molecule has 0 bridgehead atoms. The average molecular weight is 198 g/mol. The molecule has 2 rings (SSSR count). The molecule has 0 aromatic carbocycles. The molecule has 0 saturated carbocycles. The summed E-state index contributed by atoms with van der Waals surface area (Å²) in [7, 11) is 1.84. The standard InChI is InChI=1S/C9H13FN3O/c1-11-4-5-13(7-11)9(14)12-3-2-8(10)6-12/h4-5,7-8H,2-3,6H2,1H3/q+1. The van der Waals surface area contributed by atoms with Crippen LogP contribution in [-0.4, -0.2) is 34.8 Å². The van der Waals surface area contributed by atoms with E-state index in [0.29, 0.717) is 13.0 Å². The van der Waals surface area contributed by atoms with E-state index in [2.05, 4.69) is 0 Å². The zero-order chi connectivity index (χ0) is 10.1. The molecular weight excluding hydrogens is 185 g/mol. The third-order valence-electron chi connectivity index (χ3n) is 2.39. The summed E-state index contributed by atoms with van der Waals surface area (Å²) in [6, 6.07) is -0.147. The highest BCUT2D eigenvalue weighted by atomic mass is 19.1. The van der Waals surface area contributed by atoms with Crippen LogP contribution in [0.1, 0.15) is 6.42 Å². The molecule has 1 aromatic rings. The summed E-state index contributed by atoms with van der Waals surface area (Å²) in [6.07, 6.45) is 4.73. The molecule has 1 amide bonds. The predicted molar refractivity (Wildman–Crippen MR) is 47.5 cm³/mol. The Morgan fingerprint density at radius 3 is 2.93 bits per heavy atom. The first-order valence-corrected chi connectivity index (χ1v) is 4.63. The second-order valence-corrected chi connectivity index (χ2v) is 3.60. The molecule has 76 valence electrons. The van der Waals surface area contributed by atoms with Crippen LogP contribution in [0.3, 0.4) is 0 Å². The van der Waals surface area contributed by atoms with Crippen molar-refractivity contribution in [3.8, 4) is 0 Å². The minimum atomic E-state index is -0.858. The van der Waals surface area contributed by atoms with Gasteiger partial charge in [0, 0.05) is 6.54 Å². The number of hydrogen-bond acceptors (Lipinski definition) is 1. The zero-order valence-electron chi connectivity index (χ0n) is 8.06. The summed E-state index contributed by atoms with van der Waals surface area (Å²) in [5.74, 6) is 0. The third kappa shape index (κ3) is 1.62. The van der Waals surface area contributed by atoms with E-state index in [-0.39, 0.29) is 12.6 Å². The molecule has 1 aliphatic rings. The smallest absolute Gasteiger partial charge is 0.301 e. The monoisotopic (exact) mass is 198 g/mol. The Morgan fingerprint density at radius 2 is 2.43 bits per heavy atom. The van der Waals surface area contributed by atoms with Crippen LogP contribution < -0.4 is 4.57 Å². The Kier molecular flexibility index (Phi) is 2.23. The molecular formula is C9H13FN3O+. The molecule has 5 heteroatoms. The van der Waals surface area contributed by atoms with Gasteiger partial charge in [0.1, 0.15) is 18.6 Å². The third-order valence-corrected chi connectivity index (χ3v) is 2.39. The van der Waals surface area contributed by atoms with E-state index in [4.69, 9.17) is 0 Å². The zero-order valence-corrected chi connectivity index (χ0v) is 8.06. The van der Waals surface area contributed by atoms with E-state index in [0.717, 1.165) is 0 Å². The SMILES string of the molecule is C[n+]1ccn(C(=O)N2CCC(F)C2)c1. The largest absolute Gasteiger partial charge is 0.415 e. The van der Waals surface area contributed by atoms with E-state index in [9.17, 15) is 9.18 Å². The van der Waals surface area contributed by atoms with Gasteiger partial charge in [0.15, 0.2) is 0 Å². The van der Waals surface area contributed by atoms with Gasteiger partial charge in [0.2, 0.25) is 0 Å². The minimum Gasteiger partial charge on any atom is -0.301 e. The summed E-state index contributed by atoms with van der Waals surface area (Å²) < 4.78 is 16.1. The summed E-state index contributed by atoms with van der Waals surface area (Å²) in [4.78, 5) is 13.2. The van der Waals surface area contributed by atoms with Gasteiger partial charge in [-0.1, -0.05) is 0 Å². The number of aromatic nitrogens is 2. The van der Waals surface area contributed by atoms with Gasteiger partial charge in [0.05, 0.1) is 13.6 Å². The number of likely N-dealkylation sites (tertiary alicyclic amines) is 1. The number of nitrogens with zero attached hydrogens (tertiary/aromatic N) is 3. The van der Waals surface area contributed by atoms with Crippen LogP contribution in [0.5, 0.6) is 0 Å². The van der Waals surface area contributed by atoms with Crippen molar-refractivity contribution in [3.05, 3.63) is 18.7 Å². The van der Waals surface area contributed by atoms with Crippen molar-refractivity contribution in [1.82, 2.24) is 9.47 Å². The Bertz CT molecular complexity index is 350. The molecule has 1 aromatic heterocycles. The molecule has 0 N–H and O–H groups in total. The number of aryl methyl sites for hydroxylation is 1. The maximum absolute atomic E-state index is 12.8. The highest BCUT2D eigenvalue weighted by Gasteiger charge is 2.29. The summed E-state index contributed by atoms with van der Waals surface area (Å²) >= 11 is 0. The summed E-state index contributed by atoms with van der Waals surface area (Å²) in [5.41, 5.74) is 0. The molecule has 1 atom stereocenters. The van der Waals surface area contributed by atoms with Crippen molar-refractivity contribution in [3.63, 3.8) is 0 Å². The second-order valence-electron chi connectivity index (χ2n) is 3.60. The maximum Gasteiger partial charge on any atom is 0.415 e. The maximum atomic E-state index is 12.8. The van der Waals surface area contributed by atoms with Crippen LogP contribution in [0.4, 0.5) is 9.18 Å². The first kappa shape index (κ1) is 9.18. The van der Waals surface area contributed by atoms with Gasteiger partial charge in [0.25, 0.3) is 6.33 Å². The lowest BCUT2D eigenvalue weighted by Crippen LogP contribution is -2.33. The predicted octanol–water partition coefficient (Wildman–Crippen LogP) is 0.325. The molecule has 0 radical (unpaired) electrons. The molecule has 0 spiro atoms. The van der Waals surface area contributed by atoms with Gasteiger partial charge >= 0.3 is 6.03 Å². The van der Waals surface area contributed by atoms with Crippen molar-refractivity contribution < 1.29 is 13.8 Å². The van der Waals surface area contributed by atoms with Gasteiger partial charge in [-0.25, -0.2) is 13.8 Å². The van der Waals surface area contributed by atoms with E-state index < -0.39 is 6.17 Å². The number of amides is 1. The van der Waals surface area contributed by atoms with E-state index in [1.165, 1.54) is 9.47 Å². The van der Waals surface area contributed by atoms with Crippen LogP contribution >= 0.6 is 0 Å². The molecule has 4 nitrogen and oxygen atoms in total. The number of imidazole rings is 1. The molecule has 1 fully saturated rings. The number of alkyl halides is 1. The number of carbonyl (C=O) groups is 1. The first-order valence-electron chi connectivity index (χ1n) is 4.63. The second kappa shape index (κ2) is 3.40. The number of rotatable bonds is 0. The fourth-order valence-corrected chi connectivity index (χ4v) is 1.62. The van der Waals surface area contributed by atoms with Gasteiger partial charge in [-0.15, -0.1) is 0 Å². The molecule has 1 saturated heterocycles. The van der Waals surface area contributed by atoms with Crippen molar-refractivity contribution in [2.24, 2.45) is 7.05 Å². The lowest BCUT2D eigenvalue weighted by molar-refractivity contribution is -0.670. The first-order chi connectivity index (χ1) is 6.66. The van der Waals surface area contributed by atoms with Gasteiger partial charge in [-0.2, -0.15) is 4.57 Å². The summed E-state index contributed by atoms with van der Waals surface area (Å²) in [5, 5.41) is 0. The van der Waals surface area contributed by atoms with Crippen molar-refractivity contribution in [2.75, 3.05) is 13.1 Å². The van der Waals surface area contributed by atoms with Gasteiger partial charge < -0.3 is 4.90 Å². The fourth-order valence-electron chi connectivity index (χ4n) is 1.62. The molecule has 1 unspecified atom stereocenters. The van der Waals surface area contributed by atoms with Crippen LogP contribution in [-0.2, 0) is 7.05 Å². The lowest BCUT2D eigenvalue weighted by Gasteiger charge is -2.10. The Hall–Kier alpha value is -1.39. The van der Waals surface area contributed by atoms with Gasteiger partial charge in [-0.05, 0) is 6.42 Å². The number of halogens is 1. The van der Waals surface area contributed by atoms with E-state index in [1.807, 2.05) is 7.05 Å². The topological polar surface area (TPSA) is 29.1 Å². The Morgan fingerprint density at radius 1 is 1.64 bits per heavy atom. The quantitative estimate of drug-likeness (QED) is 0.552. The molecule has 1 aliphatic heterocycles. The molecule has 2 heterocycles. The molecule has 0 aliphatic carbocycles. The van der Waals surface area contributed by atoms with Crippen LogP contribution in [0.2, 0.25) is 0 Å². The van der Waals surface area contributed by atoms with Crippen LogP contribution in [0.15, 0.2) is 18.7 Å². The van der Waals surface area contributed by atoms with Crippen molar-refractivity contribution in [2.45, 2.75) is 12.6 Å². The van der Waals surface area contributed by atoms with Crippen LogP contribution in [0.25, 0.3) is 0 Å². The lowest BCUT2D eigenvalue weighted by atomic mass is 10.3. The van der Waals surface area contributed by atoms with E-state index >= 15 is 0 Å². The number of hydrogen-bond donors (Lipinski definition) is 0. The van der Waals surface area contributed by atoms with Crippen molar-refractivity contribution >= 4 is 6.03 Å². The average Bonchev–Trinajstić information content (AvgIpc) is 2.73. The summed E-state index contributed by atoms with van der Waals surface area (Å²) in [6.45, 7) is 0.739. The van der Waals surface area contributed by atoms with Gasteiger partial charge in [-0.3, -0.25) is 0 Å². The van der Waals surface area contributed by atoms with E-state index in [1.54, 1.807) is 23.3 Å². The highest BCUT2D eigenvalue weighted by molar-refractivity contribution is 5.76. The fraction of sp³-hybridized carbons (Fsp3) is 0.556. The normalized spacial score (nSPS) is 21.6. The number of carbonyl (C=O) groups excluding carboxylic acids is 1. The van der Waals surface area contributed by atoms with Crippen LogP contribution in [0, 0.1) is 0 Å². The van der Waals surface area contributed by atoms with Crippen molar-refractivity contribution in [1.29, 1.82) is 0 Å². The Balaban J connectivity index is 2.09. The molecule has 14 heavy (non-hydrogen) atoms. The Labute approximate surface area is 81.6 Å². The minimum absolute atomic E-state index is 0.147. The highest BCUT2D eigenvalue weighted by Crippen LogP contribution is 2.13.